The molecule has 0 heterocycles. The minimum absolute atomic E-state index is 0.104. The predicted molar refractivity (Wildman–Crippen MR) is 92.6 cm³/mol. The highest BCUT2D eigenvalue weighted by molar-refractivity contribution is 6.31. The van der Waals surface area contributed by atoms with Crippen LogP contribution in [0.15, 0.2) is 48.5 Å². The largest absolute Gasteiger partial charge is 0.481 e. The number of benzene rings is 2. The van der Waals surface area contributed by atoms with Crippen LogP contribution in [0.4, 0.5) is 0 Å². The van der Waals surface area contributed by atoms with Gasteiger partial charge >= 0.3 is 0 Å². The molecular formula is C19H18ClNO2. The summed E-state index contributed by atoms with van der Waals surface area (Å²) in [7, 11) is 0. The van der Waals surface area contributed by atoms with Crippen LogP contribution in [-0.2, 0) is 11.2 Å². The minimum atomic E-state index is -0.104. The number of hydrogen-bond acceptors (Lipinski definition) is 2. The molecule has 4 heteroatoms. The Morgan fingerprint density at radius 3 is 2.65 bits per heavy atom. The normalized spacial score (nSPS) is 9.65. The summed E-state index contributed by atoms with van der Waals surface area (Å²) >= 11 is 6.02. The Morgan fingerprint density at radius 1 is 1.13 bits per heavy atom. The number of amides is 1. The molecule has 0 unspecified atom stereocenters. The Balaban J connectivity index is 1.70. The molecule has 0 saturated carbocycles. The van der Waals surface area contributed by atoms with E-state index in [2.05, 4.69) is 17.2 Å². The van der Waals surface area contributed by atoms with Crippen LogP contribution < -0.4 is 10.1 Å². The average Bonchev–Trinajstić information content (AvgIpc) is 2.54. The number of carbonyl (C=O) groups is 1. The number of rotatable bonds is 5. The third kappa shape index (κ3) is 5.69. The molecule has 0 spiro atoms. The molecule has 0 saturated heterocycles. The molecule has 0 bridgehead atoms. The Morgan fingerprint density at radius 2 is 1.87 bits per heavy atom. The van der Waals surface area contributed by atoms with Gasteiger partial charge in [0, 0.05) is 5.02 Å². The summed E-state index contributed by atoms with van der Waals surface area (Å²) in [5, 5.41) is 3.34. The van der Waals surface area contributed by atoms with Crippen molar-refractivity contribution in [3.05, 3.63) is 64.7 Å². The minimum Gasteiger partial charge on any atom is -0.481 e. The first-order chi connectivity index (χ1) is 11.2. The van der Waals surface area contributed by atoms with Crippen molar-refractivity contribution in [1.82, 2.24) is 5.32 Å². The van der Waals surface area contributed by atoms with Gasteiger partial charge < -0.3 is 10.1 Å². The van der Waals surface area contributed by atoms with E-state index in [0.717, 1.165) is 16.9 Å². The fraction of sp³-hybridized carbons (Fsp3) is 0.211. The number of para-hydroxylation sites is 1. The van der Waals surface area contributed by atoms with Crippen LogP contribution in [0.2, 0.25) is 5.02 Å². The van der Waals surface area contributed by atoms with Crippen LogP contribution in [0.25, 0.3) is 0 Å². The molecule has 0 radical (unpaired) electrons. The van der Waals surface area contributed by atoms with E-state index in [-0.39, 0.29) is 12.3 Å². The molecule has 0 fully saturated rings. The quantitative estimate of drug-likeness (QED) is 0.855. The molecule has 2 aromatic carbocycles. The number of halogens is 1. The highest BCUT2D eigenvalue weighted by Crippen LogP contribution is 2.16. The topological polar surface area (TPSA) is 38.3 Å². The lowest BCUT2D eigenvalue weighted by atomic mass is 10.1. The van der Waals surface area contributed by atoms with Gasteiger partial charge in [0.15, 0.2) is 0 Å². The lowest BCUT2D eigenvalue weighted by Crippen LogP contribution is -2.25. The molecule has 2 aromatic rings. The standard InChI is InChI=1S/C19H18ClNO2/c1-15-8-2-5-11-18(15)23-13-7-6-12-21-19(22)14-16-9-3-4-10-17(16)20/h2-5,8-11H,12-14H2,1H3,(H,21,22). The summed E-state index contributed by atoms with van der Waals surface area (Å²) in [4.78, 5) is 11.8. The van der Waals surface area contributed by atoms with Crippen molar-refractivity contribution < 1.29 is 9.53 Å². The Hall–Kier alpha value is -2.44. The van der Waals surface area contributed by atoms with Gasteiger partial charge in [0.25, 0.3) is 0 Å². The van der Waals surface area contributed by atoms with Crippen molar-refractivity contribution in [3.8, 4) is 17.6 Å². The molecule has 0 aliphatic carbocycles. The Labute approximate surface area is 141 Å². The molecule has 1 N–H and O–H groups in total. The lowest BCUT2D eigenvalue weighted by molar-refractivity contribution is -0.120. The molecule has 0 aliphatic rings. The van der Waals surface area contributed by atoms with Crippen molar-refractivity contribution >= 4 is 17.5 Å². The molecule has 2 rings (SSSR count). The summed E-state index contributed by atoms with van der Waals surface area (Å²) in [6.45, 7) is 2.57. The average molecular weight is 328 g/mol. The van der Waals surface area contributed by atoms with E-state index in [9.17, 15) is 4.79 Å². The summed E-state index contributed by atoms with van der Waals surface area (Å²) in [6.07, 6.45) is 0.251. The van der Waals surface area contributed by atoms with Crippen LogP contribution in [-0.4, -0.2) is 19.1 Å². The van der Waals surface area contributed by atoms with Crippen molar-refractivity contribution in [2.24, 2.45) is 0 Å². The van der Waals surface area contributed by atoms with E-state index in [1.54, 1.807) is 6.07 Å². The predicted octanol–water partition coefficient (Wildman–Crippen LogP) is 3.39. The van der Waals surface area contributed by atoms with Gasteiger partial charge in [0.2, 0.25) is 5.91 Å². The number of aryl methyl sites for hydroxylation is 1. The van der Waals surface area contributed by atoms with E-state index in [1.165, 1.54) is 0 Å². The molecule has 1 amide bonds. The first kappa shape index (κ1) is 16.9. The van der Waals surface area contributed by atoms with Crippen molar-refractivity contribution in [2.45, 2.75) is 13.3 Å². The van der Waals surface area contributed by atoms with Gasteiger partial charge in [-0.1, -0.05) is 59.8 Å². The zero-order chi connectivity index (χ0) is 16.5. The van der Waals surface area contributed by atoms with Gasteiger partial charge in [-0.2, -0.15) is 0 Å². The van der Waals surface area contributed by atoms with E-state index in [0.29, 0.717) is 18.2 Å². The second-order valence-corrected chi connectivity index (χ2v) is 5.36. The number of nitrogens with one attached hydrogen (secondary N) is 1. The van der Waals surface area contributed by atoms with E-state index in [4.69, 9.17) is 16.3 Å². The maximum atomic E-state index is 11.8. The van der Waals surface area contributed by atoms with E-state index >= 15 is 0 Å². The molecular weight excluding hydrogens is 310 g/mol. The molecule has 23 heavy (non-hydrogen) atoms. The zero-order valence-electron chi connectivity index (χ0n) is 12.9. The second kappa shape index (κ2) is 8.87. The maximum absolute atomic E-state index is 11.8. The first-order valence-corrected chi connectivity index (χ1v) is 7.69. The Bertz CT molecular complexity index is 731. The highest BCUT2D eigenvalue weighted by Gasteiger charge is 2.04. The van der Waals surface area contributed by atoms with Gasteiger partial charge in [-0.05, 0) is 30.2 Å². The van der Waals surface area contributed by atoms with Crippen LogP contribution in [0, 0.1) is 18.8 Å². The fourth-order valence-electron chi connectivity index (χ4n) is 1.97. The summed E-state index contributed by atoms with van der Waals surface area (Å²) in [6, 6.07) is 15.1. The molecule has 0 atom stereocenters. The lowest BCUT2D eigenvalue weighted by Gasteiger charge is -2.05. The molecule has 3 nitrogen and oxygen atoms in total. The maximum Gasteiger partial charge on any atom is 0.225 e. The first-order valence-electron chi connectivity index (χ1n) is 7.31. The molecule has 0 aromatic heterocycles. The van der Waals surface area contributed by atoms with E-state index in [1.807, 2.05) is 49.4 Å². The Kier molecular flexibility index (Phi) is 6.53. The van der Waals surface area contributed by atoms with Crippen LogP contribution in [0.3, 0.4) is 0 Å². The third-order valence-electron chi connectivity index (χ3n) is 3.20. The number of carbonyl (C=O) groups excluding carboxylic acids is 1. The monoisotopic (exact) mass is 327 g/mol. The molecule has 118 valence electrons. The summed E-state index contributed by atoms with van der Waals surface area (Å²) < 4.78 is 5.55. The van der Waals surface area contributed by atoms with Crippen molar-refractivity contribution in [1.29, 1.82) is 0 Å². The van der Waals surface area contributed by atoms with Crippen LogP contribution in [0.1, 0.15) is 11.1 Å². The highest BCUT2D eigenvalue weighted by atomic mass is 35.5. The van der Waals surface area contributed by atoms with Gasteiger partial charge in [-0.3, -0.25) is 4.79 Å². The SMILES string of the molecule is Cc1ccccc1OCC#CCNC(=O)Cc1ccccc1Cl. The smallest absolute Gasteiger partial charge is 0.225 e. The molecule has 0 aliphatic heterocycles. The van der Waals surface area contributed by atoms with Crippen LogP contribution in [0.5, 0.6) is 5.75 Å². The van der Waals surface area contributed by atoms with Gasteiger partial charge in [-0.25, -0.2) is 0 Å². The van der Waals surface area contributed by atoms with E-state index < -0.39 is 0 Å². The summed E-state index contributed by atoms with van der Waals surface area (Å²) in [5.41, 5.74) is 1.88. The fourth-order valence-corrected chi connectivity index (χ4v) is 2.17. The number of hydrogen-bond donors (Lipinski definition) is 1. The zero-order valence-corrected chi connectivity index (χ0v) is 13.7. The number of ether oxygens (including phenoxy) is 1. The van der Waals surface area contributed by atoms with Gasteiger partial charge in [-0.15, -0.1) is 0 Å². The van der Waals surface area contributed by atoms with Gasteiger partial charge in [0.1, 0.15) is 12.4 Å². The summed E-state index contributed by atoms with van der Waals surface area (Å²) in [5.74, 6) is 6.46. The van der Waals surface area contributed by atoms with Crippen LogP contribution >= 0.6 is 11.6 Å². The van der Waals surface area contributed by atoms with Crippen molar-refractivity contribution in [2.75, 3.05) is 13.2 Å². The third-order valence-corrected chi connectivity index (χ3v) is 3.57. The van der Waals surface area contributed by atoms with Gasteiger partial charge in [0.05, 0.1) is 13.0 Å². The van der Waals surface area contributed by atoms with Crippen molar-refractivity contribution in [3.63, 3.8) is 0 Å². The second-order valence-electron chi connectivity index (χ2n) is 4.95.